The largest absolute Gasteiger partial charge is 0.476 e. The zero-order valence-corrected chi connectivity index (χ0v) is 7.46. The van der Waals surface area contributed by atoms with Gasteiger partial charge in [-0.05, 0) is 20.8 Å². The number of nitrogens with zero attached hydrogens (tertiary/aromatic N) is 1. The Hall–Kier alpha value is -0.570. The van der Waals surface area contributed by atoms with E-state index in [0.717, 1.165) is 0 Å². The summed E-state index contributed by atoms with van der Waals surface area (Å²) in [6.45, 7) is 7.23. The first-order chi connectivity index (χ1) is 4.91. The van der Waals surface area contributed by atoms with E-state index in [9.17, 15) is 5.11 Å². The molecule has 12 heavy (non-hydrogen) atoms. The number of aliphatic hydroxyl groups is 1. The summed E-state index contributed by atoms with van der Waals surface area (Å²) in [4.78, 5) is 4.19. The van der Waals surface area contributed by atoms with Crippen LogP contribution in [-0.4, -0.2) is 28.8 Å². The molecular formula is C9H19NO2. The van der Waals surface area contributed by atoms with E-state index in [4.69, 9.17) is 4.74 Å². The molecule has 0 fully saturated rings. The summed E-state index contributed by atoms with van der Waals surface area (Å²) >= 11 is 0. The Morgan fingerprint density at radius 1 is 1.50 bits per heavy atom. The molecule has 0 unspecified atom stereocenters. The van der Waals surface area contributed by atoms with Gasteiger partial charge in [-0.3, -0.25) is 0 Å². The van der Waals surface area contributed by atoms with E-state index in [2.05, 4.69) is 4.99 Å². The van der Waals surface area contributed by atoms with Crippen molar-refractivity contribution in [2.75, 3.05) is 0 Å². The average Bonchev–Trinajstić information content (AvgIpc) is 2.08. The van der Waals surface area contributed by atoms with Crippen LogP contribution < -0.4 is 0 Å². The first kappa shape index (κ1) is 11.4. The maximum absolute atomic E-state index is 9.62. The molecule has 0 bridgehead atoms. The van der Waals surface area contributed by atoms with Crippen molar-refractivity contribution in [1.82, 2.24) is 0 Å². The molecule has 2 atom stereocenters. The van der Waals surface area contributed by atoms with Crippen LogP contribution in [0, 0.1) is 0 Å². The summed E-state index contributed by atoms with van der Waals surface area (Å²) in [5.41, 5.74) is -0.781. The lowest BCUT2D eigenvalue weighted by Crippen LogP contribution is -2.40. The Morgan fingerprint density at radius 3 is 2.17 bits per heavy atom. The summed E-state index contributed by atoms with van der Waals surface area (Å²) in [7, 11) is 0. The lowest BCUT2D eigenvalue weighted by molar-refractivity contribution is 0.0214. The third kappa shape index (κ3) is 2.21. The molecule has 1 aliphatic rings. The average molecular weight is 173 g/mol. The van der Waals surface area contributed by atoms with Gasteiger partial charge < -0.3 is 9.84 Å². The van der Waals surface area contributed by atoms with Crippen molar-refractivity contribution in [3.05, 3.63) is 0 Å². The van der Waals surface area contributed by atoms with Crippen molar-refractivity contribution in [2.24, 2.45) is 4.99 Å². The normalized spacial score (nSPS) is 28.9. The zero-order chi connectivity index (χ0) is 8.65. The quantitative estimate of drug-likeness (QED) is 0.654. The highest BCUT2D eigenvalue weighted by atomic mass is 16.5. The summed E-state index contributed by atoms with van der Waals surface area (Å²) in [6.07, 6.45) is -0.00463. The van der Waals surface area contributed by atoms with Gasteiger partial charge in [-0.25, -0.2) is 4.99 Å². The van der Waals surface area contributed by atoms with Crippen LogP contribution in [0.15, 0.2) is 4.99 Å². The van der Waals surface area contributed by atoms with Crippen molar-refractivity contribution >= 4 is 5.90 Å². The molecule has 0 amide bonds. The van der Waals surface area contributed by atoms with Gasteiger partial charge in [-0.15, -0.1) is 0 Å². The van der Waals surface area contributed by atoms with Gasteiger partial charge in [-0.1, -0.05) is 7.43 Å². The molecule has 0 radical (unpaired) electrons. The summed E-state index contributed by atoms with van der Waals surface area (Å²) < 4.78 is 5.29. The fourth-order valence-electron chi connectivity index (χ4n) is 1.40. The molecule has 0 saturated heterocycles. The monoisotopic (exact) mass is 173 g/mol. The number of ether oxygens (including phenoxy) is 1. The molecular weight excluding hydrogens is 154 g/mol. The molecule has 72 valence electrons. The fourth-order valence-corrected chi connectivity index (χ4v) is 1.40. The molecule has 0 aromatic rings. The van der Waals surface area contributed by atoms with E-state index in [1.807, 2.05) is 13.8 Å². The van der Waals surface area contributed by atoms with Crippen LogP contribution in [-0.2, 0) is 4.74 Å². The highest BCUT2D eigenvalue weighted by Crippen LogP contribution is 2.23. The van der Waals surface area contributed by atoms with Crippen LogP contribution in [0.2, 0.25) is 0 Å². The van der Waals surface area contributed by atoms with Crippen LogP contribution >= 0.6 is 0 Å². The van der Waals surface area contributed by atoms with Gasteiger partial charge in [0.25, 0.3) is 0 Å². The molecule has 3 nitrogen and oxygen atoms in total. The number of aliphatic imine (C=N–C) groups is 1. The van der Waals surface area contributed by atoms with Crippen molar-refractivity contribution in [2.45, 2.75) is 52.9 Å². The minimum absolute atomic E-state index is 0. The molecule has 0 spiro atoms. The maximum Gasteiger partial charge on any atom is 0.180 e. The molecule has 1 rings (SSSR count). The molecule has 0 aromatic heterocycles. The Kier molecular flexibility index (Phi) is 3.27. The lowest BCUT2D eigenvalue weighted by Gasteiger charge is -2.25. The predicted octanol–water partition coefficient (Wildman–Crippen LogP) is 1.60. The van der Waals surface area contributed by atoms with Crippen molar-refractivity contribution in [1.29, 1.82) is 0 Å². The molecule has 1 N–H and O–H groups in total. The molecule has 0 aliphatic carbocycles. The molecule has 0 saturated carbocycles. The summed E-state index contributed by atoms with van der Waals surface area (Å²) in [5, 5.41) is 9.62. The molecule has 0 aromatic carbocycles. The lowest BCUT2D eigenvalue weighted by atomic mass is 9.96. The van der Waals surface area contributed by atoms with Crippen LogP contribution in [0.3, 0.4) is 0 Å². The summed E-state index contributed by atoms with van der Waals surface area (Å²) in [5.74, 6) is 0.671. The van der Waals surface area contributed by atoms with E-state index >= 15 is 0 Å². The van der Waals surface area contributed by atoms with Gasteiger partial charge in [0.2, 0.25) is 0 Å². The third-order valence-electron chi connectivity index (χ3n) is 1.85. The summed E-state index contributed by atoms with van der Waals surface area (Å²) in [6, 6.07) is -0.123. The third-order valence-corrected chi connectivity index (χ3v) is 1.85. The zero-order valence-electron chi connectivity index (χ0n) is 7.46. The van der Waals surface area contributed by atoms with Gasteiger partial charge in [0.05, 0.1) is 5.60 Å². The Labute approximate surface area is 74.5 Å². The second-order valence-corrected chi connectivity index (χ2v) is 3.57. The maximum atomic E-state index is 9.62. The number of hydrogen-bond acceptors (Lipinski definition) is 3. The van der Waals surface area contributed by atoms with E-state index in [-0.39, 0.29) is 19.6 Å². The van der Waals surface area contributed by atoms with Gasteiger partial charge in [0.15, 0.2) is 5.90 Å². The van der Waals surface area contributed by atoms with E-state index in [1.165, 1.54) is 0 Å². The minimum Gasteiger partial charge on any atom is -0.476 e. The van der Waals surface area contributed by atoms with Gasteiger partial charge in [0, 0.05) is 6.92 Å². The number of hydrogen-bond donors (Lipinski definition) is 1. The topological polar surface area (TPSA) is 41.8 Å². The van der Waals surface area contributed by atoms with Gasteiger partial charge in [-0.2, -0.15) is 0 Å². The van der Waals surface area contributed by atoms with Gasteiger partial charge >= 0.3 is 0 Å². The first-order valence-corrected chi connectivity index (χ1v) is 3.84. The van der Waals surface area contributed by atoms with Crippen molar-refractivity contribution in [3.63, 3.8) is 0 Å². The van der Waals surface area contributed by atoms with E-state index in [1.54, 1.807) is 13.8 Å². The second-order valence-electron chi connectivity index (χ2n) is 3.57. The first-order valence-electron chi connectivity index (χ1n) is 3.84. The Morgan fingerprint density at radius 2 is 2.00 bits per heavy atom. The molecule has 1 aliphatic heterocycles. The van der Waals surface area contributed by atoms with Crippen LogP contribution in [0.1, 0.15) is 35.1 Å². The highest BCUT2D eigenvalue weighted by Gasteiger charge is 2.36. The SMILES string of the molecule is C.CC1=N[C@H](C(C)(C)O)[C@H](C)O1. The van der Waals surface area contributed by atoms with E-state index in [0.29, 0.717) is 5.90 Å². The fraction of sp³-hybridized carbons (Fsp3) is 0.889. The standard InChI is InChI=1S/C8H15NO2.CH4/c1-5-7(8(3,4)10)9-6(2)11-5;/h5,7,10H,1-4H3;1H4/t5-,7-;/m0./s1. The molecule has 3 heteroatoms. The minimum atomic E-state index is -0.781. The Balaban J connectivity index is 0.00000121. The van der Waals surface area contributed by atoms with Gasteiger partial charge in [0.1, 0.15) is 12.1 Å². The predicted molar refractivity (Wildman–Crippen MR) is 50.5 cm³/mol. The second kappa shape index (κ2) is 3.44. The van der Waals surface area contributed by atoms with Crippen LogP contribution in [0.4, 0.5) is 0 Å². The smallest absolute Gasteiger partial charge is 0.180 e. The van der Waals surface area contributed by atoms with Crippen LogP contribution in [0.5, 0.6) is 0 Å². The highest BCUT2D eigenvalue weighted by molar-refractivity contribution is 5.75. The van der Waals surface area contributed by atoms with E-state index < -0.39 is 5.60 Å². The molecule has 1 heterocycles. The number of rotatable bonds is 1. The van der Waals surface area contributed by atoms with Crippen molar-refractivity contribution in [3.8, 4) is 0 Å². The van der Waals surface area contributed by atoms with Crippen LogP contribution in [0.25, 0.3) is 0 Å². The Bertz CT molecular complexity index is 181. The van der Waals surface area contributed by atoms with Crippen molar-refractivity contribution < 1.29 is 9.84 Å².